The van der Waals surface area contributed by atoms with E-state index in [0.717, 1.165) is 43.0 Å². The van der Waals surface area contributed by atoms with Gasteiger partial charge in [0.05, 0.1) is 17.7 Å². The van der Waals surface area contributed by atoms with E-state index in [9.17, 15) is 28.6 Å². The fourth-order valence-electron chi connectivity index (χ4n) is 4.50. The third kappa shape index (κ3) is 8.34. The molecule has 2 atom stereocenters. The lowest BCUT2D eigenvalue weighted by Gasteiger charge is -2.25. The maximum Gasteiger partial charge on any atom is 0.255 e. The molecule has 1 aliphatic carbocycles. The predicted octanol–water partition coefficient (Wildman–Crippen LogP) is 3.86. The molecule has 3 aromatic carbocycles. The van der Waals surface area contributed by atoms with Crippen LogP contribution >= 0.6 is 0 Å². The van der Waals surface area contributed by atoms with Gasteiger partial charge in [0.2, 0.25) is 0 Å². The van der Waals surface area contributed by atoms with E-state index in [0.29, 0.717) is 19.0 Å². The number of aliphatic hydroxyl groups excluding tert-OH is 1. The van der Waals surface area contributed by atoms with Gasteiger partial charge in [0.1, 0.15) is 17.4 Å². The summed E-state index contributed by atoms with van der Waals surface area (Å²) in [6, 6.07) is 14.1. The summed E-state index contributed by atoms with van der Waals surface area (Å²) in [7, 11) is 0. The number of hydrogen-bond acceptors (Lipinski definition) is 5. The fourth-order valence-corrected chi connectivity index (χ4v) is 4.50. The number of rotatable bonds is 13. The monoisotopic (exact) mass is 551 g/mol. The molecule has 40 heavy (non-hydrogen) atoms. The Hall–Kier alpha value is -3.82. The van der Waals surface area contributed by atoms with Gasteiger partial charge in [0.25, 0.3) is 11.8 Å². The molecule has 2 amide bonds. The summed E-state index contributed by atoms with van der Waals surface area (Å²) in [5.74, 6) is -2.42. The average Bonchev–Trinajstić information content (AvgIpc) is 3.76. The van der Waals surface area contributed by atoms with Crippen LogP contribution in [-0.4, -0.2) is 47.3 Å². The summed E-state index contributed by atoms with van der Waals surface area (Å²) in [5.41, 5.74) is 2.56. The number of nitrogens with one attached hydrogen (secondary N) is 3. The standard InChI is InChI=1S/C31H35F2N3O4/c1-2-19-4-3-5-21(10-19)16-34-18-29(38)27(13-22-11-24(32)15-25(33)12-22)36-30(39)23-8-9-28(37)26(14-23)31(40)35-17-20-6-7-20/h3-5,8-12,14-15,20,27,29,34,37-38H,2,6-7,13,16-18H2,1H3,(H,35,40)(H,36,39)/t27-,29+/m0/s1. The third-order valence-electron chi connectivity index (χ3n) is 6.99. The van der Waals surface area contributed by atoms with Crippen LogP contribution in [0.4, 0.5) is 8.78 Å². The molecule has 0 bridgehead atoms. The minimum absolute atomic E-state index is 0.0337. The van der Waals surface area contributed by atoms with Gasteiger partial charge in [-0.05, 0) is 78.6 Å². The Labute approximate surface area is 232 Å². The van der Waals surface area contributed by atoms with Gasteiger partial charge in [-0.2, -0.15) is 0 Å². The highest BCUT2D eigenvalue weighted by molar-refractivity contribution is 6.01. The first-order chi connectivity index (χ1) is 19.2. The second-order valence-corrected chi connectivity index (χ2v) is 10.3. The molecule has 9 heteroatoms. The lowest BCUT2D eigenvalue weighted by Crippen LogP contribution is -2.48. The first kappa shape index (κ1) is 29.2. The zero-order chi connectivity index (χ0) is 28.6. The van der Waals surface area contributed by atoms with Crippen molar-refractivity contribution in [1.29, 1.82) is 0 Å². The second-order valence-electron chi connectivity index (χ2n) is 10.3. The van der Waals surface area contributed by atoms with E-state index in [1.807, 2.05) is 18.2 Å². The highest BCUT2D eigenvalue weighted by atomic mass is 19.1. The SMILES string of the molecule is CCc1cccc(CNC[C@@H](O)[C@H](Cc2cc(F)cc(F)c2)NC(=O)c2ccc(O)c(C(=O)NCC3CC3)c2)c1. The number of phenols is 1. The molecule has 1 saturated carbocycles. The molecule has 0 radical (unpaired) electrons. The smallest absolute Gasteiger partial charge is 0.255 e. The van der Waals surface area contributed by atoms with Crippen molar-refractivity contribution in [2.75, 3.05) is 13.1 Å². The van der Waals surface area contributed by atoms with Crippen LogP contribution in [0.1, 0.15) is 57.2 Å². The van der Waals surface area contributed by atoms with Gasteiger partial charge >= 0.3 is 0 Å². The zero-order valence-electron chi connectivity index (χ0n) is 22.4. The van der Waals surface area contributed by atoms with Crippen LogP contribution in [0.3, 0.4) is 0 Å². The van der Waals surface area contributed by atoms with Gasteiger partial charge in [-0.3, -0.25) is 9.59 Å². The molecule has 1 fully saturated rings. The molecule has 1 aliphatic rings. The number of hydrogen-bond donors (Lipinski definition) is 5. The molecule has 0 aliphatic heterocycles. The van der Waals surface area contributed by atoms with Crippen LogP contribution in [0.5, 0.6) is 5.75 Å². The van der Waals surface area contributed by atoms with Crippen molar-refractivity contribution in [1.82, 2.24) is 16.0 Å². The Kier molecular flexibility index (Phi) is 9.84. The number of amides is 2. The van der Waals surface area contributed by atoms with Crippen LogP contribution in [-0.2, 0) is 19.4 Å². The number of benzene rings is 3. The number of halogens is 2. The van der Waals surface area contributed by atoms with Crippen molar-refractivity contribution in [2.45, 2.75) is 51.3 Å². The lowest BCUT2D eigenvalue weighted by atomic mass is 9.99. The highest BCUT2D eigenvalue weighted by Crippen LogP contribution is 2.28. The van der Waals surface area contributed by atoms with Crippen molar-refractivity contribution in [3.63, 3.8) is 0 Å². The number of carbonyl (C=O) groups is 2. The van der Waals surface area contributed by atoms with Crippen molar-refractivity contribution in [2.24, 2.45) is 5.92 Å². The van der Waals surface area contributed by atoms with Gasteiger partial charge in [-0.25, -0.2) is 8.78 Å². The summed E-state index contributed by atoms with van der Waals surface area (Å²) in [5, 5.41) is 29.9. The molecule has 0 saturated heterocycles. The molecular formula is C31H35F2N3O4. The Morgan fingerprint density at radius 1 is 0.950 bits per heavy atom. The van der Waals surface area contributed by atoms with Crippen molar-refractivity contribution in [3.8, 4) is 5.75 Å². The molecule has 5 N–H and O–H groups in total. The van der Waals surface area contributed by atoms with E-state index in [2.05, 4.69) is 28.9 Å². The number of phenolic OH excluding ortho intramolecular Hbond substituents is 1. The quantitative estimate of drug-likeness (QED) is 0.222. The van der Waals surface area contributed by atoms with Crippen molar-refractivity contribution in [3.05, 3.63) is 100 Å². The summed E-state index contributed by atoms with van der Waals surface area (Å²) in [6.45, 7) is 3.15. The van der Waals surface area contributed by atoms with E-state index in [-0.39, 0.29) is 35.4 Å². The van der Waals surface area contributed by atoms with Gasteiger partial charge in [0.15, 0.2) is 0 Å². The number of aryl methyl sites for hydroxylation is 1. The van der Waals surface area contributed by atoms with Crippen LogP contribution < -0.4 is 16.0 Å². The molecular weight excluding hydrogens is 516 g/mol. The molecule has 212 valence electrons. The average molecular weight is 552 g/mol. The topological polar surface area (TPSA) is 111 Å². The van der Waals surface area contributed by atoms with Gasteiger partial charge in [-0.15, -0.1) is 0 Å². The van der Waals surface area contributed by atoms with E-state index in [1.165, 1.54) is 23.8 Å². The van der Waals surface area contributed by atoms with Crippen molar-refractivity contribution < 1.29 is 28.6 Å². The Bertz CT molecular complexity index is 1330. The Morgan fingerprint density at radius 2 is 1.68 bits per heavy atom. The summed E-state index contributed by atoms with van der Waals surface area (Å²) >= 11 is 0. The first-order valence-electron chi connectivity index (χ1n) is 13.6. The van der Waals surface area contributed by atoms with Gasteiger partial charge < -0.3 is 26.2 Å². The van der Waals surface area contributed by atoms with Crippen LogP contribution in [0, 0.1) is 17.6 Å². The maximum atomic E-state index is 13.9. The summed E-state index contributed by atoms with van der Waals surface area (Å²) < 4.78 is 27.7. The summed E-state index contributed by atoms with van der Waals surface area (Å²) in [4.78, 5) is 25.8. The van der Waals surface area contributed by atoms with Crippen LogP contribution in [0.15, 0.2) is 60.7 Å². The van der Waals surface area contributed by atoms with Gasteiger partial charge in [0, 0.05) is 31.3 Å². The molecule has 0 aromatic heterocycles. The van der Waals surface area contributed by atoms with E-state index >= 15 is 0 Å². The third-order valence-corrected chi connectivity index (χ3v) is 6.99. The van der Waals surface area contributed by atoms with Crippen LogP contribution in [0.25, 0.3) is 0 Å². The fraction of sp³-hybridized carbons (Fsp3) is 0.355. The maximum absolute atomic E-state index is 13.9. The molecule has 0 unspecified atom stereocenters. The molecule has 4 rings (SSSR count). The molecule has 3 aromatic rings. The second kappa shape index (κ2) is 13.5. The summed E-state index contributed by atoms with van der Waals surface area (Å²) in [6.07, 6.45) is 1.85. The van der Waals surface area contributed by atoms with E-state index < -0.39 is 35.6 Å². The Morgan fingerprint density at radius 3 is 2.38 bits per heavy atom. The predicted molar refractivity (Wildman–Crippen MR) is 148 cm³/mol. The normalized spacial score (nSPS) is 14.4. The Balaban J connectivity index is 1.47. The number of aliphatic hydroxyl groups is 1. The highest BCUT2D eigenvalue weighted by Gasteiger charge is 2.25. The molecule has 7 nitrogen and oxygen atoms in total. The van der Waals surface area contributed by atoms with Gasteiger partial charge in [-0.1, -0.05) is 31.2 Å². The largest absolute Gasteiger partial charge is 0.507 e. The van der Waals surface area contributed by atoms with Crippen LogP contribution in [0.2, 0.25) is 0 Å². The molecule has 0 spiro atoms. The minimum atomic E-state index is -1.11. The lowest BCUT2D eigenvalue weighted by molar-refractivity contribution is 0.0829. The van der Waals surface area contributed by atoms with E-state index in [1.54, 1.807) is 0 Å². The van der Waals surface area contributed by atoms with Crippen molar-refractivity contribution >= 4 is 11.8 Å². The first-order valence-corrected chi connectivity index (χ1v) is 13.6. The zero-order valence-corrected chi connectivity index (χ0v) is 22.4. The molecule has 0 heterocycles. The minimum Gasteiger partial charge on any atom is -0.507 e. The number of carbonyl (C=O) groups excluding carboxylic acids is 2. The number of aromatic hydroxyl groups is 1. The van der Waals surface area contributed by atoms with E-state index in [4.69, 9.17) is 0 Å².